The normalized spacial score (nSPS) is 25.3. The molecule has 0 aliphatic carbocycles. The van der Waals surface area contributed by atoms with E-state index in [9.17, 15) is 45.3 Å². The third kappa shape index (κ3) is 4.66. The van der Waals surface area contributed by atoms with E-state index < -0.39 is 71.7 Å². The van der Waals surface area contributed by atoms with Gasteiger partial charge in [0.05, 0.1) is 12.2 Å². The molecule has 3 rings (SSSR count). The molecule has 11 nitrogen and oxygen atoms in total. The lowest BCUT2D eigenvalue weighted by Crippen LogP contribution is -2.60. The van der Waals surface area contributed by atoms with E-state index >= 15 is 0 Å². The van der Waals surface area contributed by atoms with Crippen LogP contribution < -0.4 is 4.74 Å². The van der Waals surface area contributed by atoms with Crippen molar-refractivity contribution < 1.29 is 54.8 Å². The van der Waals surface area contributed by atoms with Crippen molar-refractivity contribution in [1.29, 1.82) is 0 Å². The quantitative estimate of drug-likeness (QED) is 0.155. The van der Waals surface area contributed by atoms with E-state index in [4.69, 9.17) is 9.47 Å². The average molecular weight is 450 g/mol. The summed E-state index contributed by atoms with van der Waals surface area (Å²) in [5, 5.41) is 67.4. The fraction of sp³-hybridized carbons (Fsp3) is 0.333. The number of carbonyl (C=O) groups is 2. The van der Waals surface area contributed by atoms with Gasteiger partial charge in [-0.1, -0.05) is 12.1 Å². The molecule has 5 atom stereocenters. The van der Waals surface area contributed by atoms with E-state index in [0.29, 0.717) is 5.56 Å². The van der Waals surface area contributed by atoms with Gasteiger partial charge in [-0.25, -0.2) is 0 Å². The van der Waals surface area contributed by atoms with Crippen LogP contribution in [0.5, 0.6) is 23.0 Å². The van der Waals surface area contributed by atoms with Crippen LogP contribution in [0, 0.1) is 0 Å². The largest absolute Gasteiger partial charge is 0.504 e. The fourth-order valence-electron chi connectivity index (χ4n) is 3.15. The van der Waals surface area contributed by atoms with Crippen LogP contribution in [0.2, 0.25) is 0 Å². The van der Waals surface area contributed by atoms with Crippen LogP contribution in [0.25, 0.3) is 0 Å². The Morgan fingerprint density at radius 3 is 2.16 bits per heavy atom. The van der Waals surface area contributed by atoms with Gasteiger partial charge in [0.15, 0.2) is 11.5 Å². The number of carbonyl (C=O) groups excluding carboxylic acids is 2. The van der Waals surface area contributed by atoms with Crippen LogP contribution in [-0.4, -0.2) is 84.6 Å². The highest BCUT2D eigenvalue weighted by atomic mass is 16.7. The summed E-state index contributed by atoms with van der Waals surface area (Å²) < 4.78 is 10.7. The highest BCUT2D eigenvalue weighted by molar-refractivity contribution is 6.44. The maximum atomic E-state index is 12.3. The van der Waals surface area contributed by atoms with Gasteiger partial charge >= 0.3 is 0 Å². The maximum absolute atomic E-state index is 12.3. The molecule has 1 aliphatic rings. The second-order valence-electron chi connectivity index (χ2n) is 7.22. The minimum absolute atomic E-state index is 0.179. The van der Waals surface area contributed by atoms with Gasteiger partial charge < -0.3 is 45.2 Å². The molecule has 1 saturated heterocycles. The molecule has 2 aromatic carbocycles. The number of hydrogen-bond acceptors (Lipinski definition) is 11. The van der Waals surface area contributed by atoms with Crippen molar-refractivity contribution in [2.75, 3.05) is 6.61 Å². The highest BCUT2D eigenvalue weighted by Crippen LogP contribution is 2.37. The first-order valence-electron chi connectivity index (χ1n) is 9.51. The van der Waals surface area contributed by atoms with Crippen LogP contribution in [0.3, 0.4) is 0 Å². The number of benzene rings is 2. The summed E-state index contributed by atoms with van der Waals surface area (Å²) in [5.74, 6) is -4.20. The molecule has 1 unspecified atom stereocenters. The molecule has 2 aromatic rings. The molecule has 7 N–H and O–H groups in total. The molecule has 172 valence electrons. The molecule has 0 bridgehead atoms. The number of aliphatic hydroxyl groups excluding tert-OH is 4. The Hall–Kier alpha value is -3.22. The molecule has 0 saturated carbocycles. The van der Waals surface area contributed by atoms with Crippen LogP contribution in [-0.2, 0) is 16.0 Å². The lowest BCUT2D eigenvalue weighted by molar-refractivity contribution is -0.277. The number of rotatable bonds is 7. The van der Waals surface area contributed by atoms with Crippen molar-refractivity contribution in [3.8, 4) is 23.0 Å². The Morgan fingerprint density at radius 1 is 0.875 bits per heavy atom. The molecule has 1 heterocycles. The van der Waals surface area contributed by atoms with Gasteiger partial charge in [0, 0.05) is 6.42 Å². The number of ether oxygens (including phenoxy) is 2. The number of aliphatic hydroxyl groups is 4. The highest BCUT2D eigenvalue weighted by Gasteiger charge is 2.44. The molecule has 1 aliphatic heterocycles. The molecule has 0 spiro atoms. The minimum atomic E-state index is -1.59. The van der Waals surface area contributed by atoms with Crippen molar-refractivity contribution in [2.45, 2.75) is 37.1 Å². The lowest BCUT2D eigenvalue weighted by atomic mass is 9.99. The third-order valence-electron chi connectivity index (χ3n) is 5.02. The Morgan fingerprint density at radius 2 is 1.53 bits per heavy atom. The van der Waals surface area contributed by atoms with E-state index in [1.54, 1.807) is 0 Å². The van der Waals surface area contributed by atoms with Crippen molar-refractivity contribution in [3.63, 3.8) is 0 Å². The van der Waals surface area contributed by atoms with Crippen molar-refractivity contribution in [2.24, 2.45) is 0 Å². The second-order valence-corrected chi connectivity index (χ2v) is 7.22. The standard InChI is InChI=1S/C21H22O11/c22-8-14-18(28)19(29)20(30)21(32-14)31-10-3-1-9(2-4-10)7-13(24)15(25)11-5-6-12(23)17(27)16(11)26/h1-6,14,18-23,26-30H,7-8H2/t14-,18-,19+,20-,21?/m1/s1. The van der Waals surface area contributed by atoms with E-state index in [2.05, 4.69) is 0 Å². The summed E-state index contributed by atoms with van der Waals surface area (Å²) >= 11 is 0. The number of ketones is 2. The van der Waals surface area contributed by atoms with Gasteiger partial charge in [0.1, 0.15) is 30.2 Å². The predicted molar refractivity (Wildman–Crippen MR) is 105 cm³/mol. The van der Waals surface area contributed by atoms with Crippen LogP contribution in [0.1, 0.15) is 15.9 Å². The van der Waals surface area contributed by atoms with E-state index in [1.165, 1.54) is 24.3 Å². The third-order valence-corrected chi connectivity index (χ3v) is 5.02. The van der Waals surface area contributed by atoms with E-state index in [1.807, 2.05) is 0 Å². The van der Waals surface area contributed by atoms with Gasteiger partial charge in [0.25, 0.3) is 0 Å². The SMILES string of the molecule is O=C(Cc1ccc(OC2O[C@H](CO)[C@@H](O)[C@H](O)[C@H]2O)cc1)C(=O)c1ccc(O)c(O)c1O. The van der Waals surface area contributed by atoms with Gasteiger partial charge in [-0.2, -0.15) is 0 Å². The van der Waals surface area contributed by atoms with Crippen molar-refractivity contribution >= 4 is 11.6 Å². The molecule has 0 radical (unpaired) electrons. The number of hydrogen-bond donors (Lipinski definition) is 7. The fourth-order valence-corrected chi connectivity index (χ4v) is 3.15. The zero-order chi connectivity index (χ0) is 23.6. The summed E-state index contributed by atoms with van der Waals surface area (Å²) in [6.45, 7) is -0.603. The molecule has 32 heavy (non-hydrogen) atoms. The van der Waals surface area contributed by atoms with Crippen LogP contribution in [0.15, 0.2) is 36.4 Å². The Bertz CT molecular complexity index is 986. The molecular formula is C21H22O11. The molecule has 11 heteroatoms. The lowest BCUT2D eigenvalue weighted by Gasteiger charge is -2.39. The summed E-state index contributed by atoms with van der Waals surface area (Å²) in [4.78, 5) is 24.6. The number of aromatic hydroxyl groups is 3. The molecule has 0 aromatic heterocycles. The Balaban J connectivity index is 1.65. The average Bonchev–Trinajstić information content (AvgIpc) is 2.78. The zero-order valence-electron chi connectivity index (χ0n) is 16.5. The van der Waals surface area contributed by atoms with Crippen molar-refractivity contribution in [1.82, 2.24) is 0 Å². The van der Waals surface area contributed by atoms with E-state index in [0.717, 1.165) is 12.1 Å². The first-order chi connectivity index (χ1) is 15.1. The topological polar surface area (TPSA) is 194 Å². The summed E-state index contributed by atoms with van der Waals surface area (Å²) in [6.07, 6.45) is -7.52. The minimum Gasteiger partial charge on any atom is -0.504 e. The molecular weight excluding hydrogens is 428 g/mol. The smallest absolute Gasteiger partial charge is 0.232 e. The second kappa shape index (κ2) is 9.51. The van der Waals surface area contributed by atoms with Gasteiger partial charge in [-0.05, 0) is 29.8 Å². The molecule has 1 fully saturated rings. The molecule has 0 amide bonds. The summed E-state index contributed by atoms with van der Waals surface area (Å²) in [5.41, 5.74) is -0.0418. The van der Waals surface area contributed by atoms with Crippen LogP contribution in [0.4, 0.5) is 0 Å². The maximum Gasteiger partial charge on any atom is 0.232 e. The first kappa shape index (κ1) is 23.4. The van der Waals surface area contributed by atoms with Crippen molar-refractivity contribution in [3.05, 3.63) is 47.5 Å². The zero-order valence-corrected chi connectivity index (χ0v) is 16.5. The first-order valence-corrected chi connectivity index (χ1v) is 9.51. The van der Waals surface area contributed by atoms with Gasteiger partial charge in [-0.3, -0.25) is 9.59 Å². The van der Waals surface area contributed by atoms with E-state index in [-0.39, 0.29) is 12.2 Å². The number of phenolic OH excluding ortho intramolecular Hbond substituents is 3. The monoisotopic (exact) mass is 450 g/mol. The summed E-state index contributed by atoms with van der Waals surface area (Å²) in [7, 11) is 0. The van der Waals surface area contributed by atoms with Gasteiger partial charge in [-0.15, -0.1) is 0 Å². The predicted octanol–water partition coefficient (Wildman–Crippen LogP) is -1.02. The van der Waals surface area contributed by atoms with Crippen LogP contribution >= 0.6 is 0 Å². The Labute approximate surface area is 181 Å². The summed E-state index contributed by atoms with van der Waals surface area (Å²) in [6, 6.07) is 7.73. The van der Waals surface area contributed by atoms with Gasteiger partial charge in [0.2, 0.25) is 23.6 Å². The number of phenols is 3. The Kier molecular flexibility index (Phi) is 6.96. The number of Topliss-reactive ketones (excluding diaryl/α,β-unsaturated/α-hetero) is 2.